The molecule has 2 aliphatic rings. The Hall–Kier alpha value is -4.00. The second-order valence-electron chi connectivity index (χ2n) is 8.74. The Labute approximate surface area is 197 Å². The van der Waals surface area contributed by atoms with Gasteiger partial charge in [0.15, 0.2) is 0 Å². The lowest BCUT2D eigenvalue weighted by atomic mass is 10.1. The van der Waals surface area contributed by atoms with Crippen LogP contribution >= 0.6 is 0 Å². The average Bonchev–Trinajstić information content (AvgIpc) is 3.44. The number of nitrogens with one attached hydrogen (secondary N) is 1. The fourth-order valence-electron chi connectivity index (χ4n) is 4.71. The lowest BCUT2D eigenvalue weighted by Gasteiger charge is -2.15. The number of aryl methyl sites for hydroxylation is 1. The highest BCUT2D eigenvalue weighted by atomic mass is 16.5. The minimum absolute atomic E-state index is 0.0685. The molecular formula is C27H28N4O3. The highest BCUT2D eigenvalue weighted by Crippen LogP contribution is 2.27. The summed E-state index contributed by atoms with van der Waals surface area (Å²) in [6.45, 7) is 9.46. The van der Waals surface area contributed by atoms with Crippen LogP contribution in [-0.2, 0) is 4.79 Å². The maximum absolute atomic E-state index is 13.7. The first kappa shape index (κ1) is 21.8. The van der Waals surface area contributed by atoms with Crippen molar-refractivity contribution in [2.75, 3.05) is 19.6 Å². The molecule has 1 aromatic heterocycles. The predicted octanol–water partition coefficient (Wildman–Crippen LogP) is 2.13. The van der Waals surface area contributed by atoms with E-state index in [1.54, 1.807) is 9.47 Å². The predicted molar refractivity (Wildman–Crippen MR) is 133 cm³/mol. The Bertz CT molecular complexity index is 1450. The molecule has 1 fully saturated rings. The summed E-state index contributed by atoms with van der Waals surface area (Å²) >= 11 is 0. The maximum atomic E-state index is 13.7. The van der Waals surface area contributed by atoms with Crippen LogP contribution < -0.4 is 26.4 Å². The van der Waals surface area contributed by atoms with E-state index < -0.39 is 0 Å². The van der Waals surface area contributed by atoms with E-state index in [0.717, 1.165) is 34.1 Å². The van der Waals surface area contributed by atoms with Gasteiger partial charge in [-0.05, 0) is 73.9 Å². The van der Waals surface area contributed by atoms with Crippen LogP contribution in [0.25, 0.3) is 18.0 Å². The summed E-state index contributed by atoms with van der Waals surface area (Å²) in [6.07, 6.45) is 5.98. The Balaban J connectivity index is 1.50. The Morgan fingerprint density at radius 2 is 1.94 bits per heavy atom. The number of aromatic nitrogens is 2. The molecule has 3 aromatic rings. The lowest BCUT2D eigenvalue weighted by Crippen LogP contribution is -2.40. The molecule has 0 aliphatic carbocycles. The van der Waals surface area contributed by atoms with Crippen molar-refractivity contribution >= 4 is 18.2 Å². The average molecular weight is 457 g/mol. The fraction of sp³-hybridized carbons (Fsp3) is 0.259. The molecule has 7 heteroatoms. The number of carbonyl (C=O) groups is 1. The lowest BCUT2D eigenvalue weighted by molar-refractivity contribution is -0.125. The topological polar surface area (TPSA) is 68.5 Å². The maximum Gasteiger partial charge on any atom is 0.334 e. The molecule has 1 amide bonds. The second kappa shape index (κ2) is 8.74. The largest absolute Gasteiger partial charge is 0.457 e. The number of benzene rings is 2. The minimum atomic E-state index is -0.109. The van der Waals surface area contributed by atoms with Gasteiger partial charge in [0.25, 0.3) is 0 Å². The van der Waals surface area contributed by atoms with Gasteiger partial charge in [-0.3, -0.25) is 13.9 Å². The van der Waals surface area contributed by atoms with Crippen molar-refractivity contribution in [3.63, 3.8) is 0 Å². The van der Waals surface area contributed by atoms with Crippen LogP contribution in [0.4, 0.5) is 0 Å². The molecule has 174 valence electrons. The number of likely N-dealkylation sites (tertiary alicyclic amines) is 1. The minimum Gasteiger partial charge on any atom is -0.457 e. The summed E-state index contributed by atoms with van der Waals surface area (Å²) < 4.78 is 9.65. The standard InChI is InChI=1S/C27H28N4O3/c1-4-26(32)29-15-13-21(17-29)31-23-12-14-28-16-24(23)30(27(31)33)20-8-10-22(11-9-20)34-25-7-5-6-18(2)19(25)3/h4-12,16,21,28H,1,13-15,17H2,2-3H3/t21-/m1/s1. The van der Waals surface area contributed by atoms with Crippen LogP contribution in [0, 0.1) is 13.8 Å². The van der Waals surface area contributed by atoms with E-state index in [9.17, 15) is 9.59 Å². The van der Waals surface area contributed by atoms with Crippen LogP contribution in [0.3, 0.4) is 0 Å². The van der Waals surface area contributed by atoms with Crippen molar-refractivity contribution in [2.45, 2.75) is 26.3 Å². The molecule has 7 nitrogen and oxygen atoms in total. The van der Waals surface area contributed by atoms with Gasteiger partial charge in [0.1, 0.15) is 11.5 Å². The molecule has 0 spiro atoms. The summed E-state index contributed by atoms with van der Waals surface area (Å²) in [7, 11) is 0. The van der Waals surface area contributed by atoms with Crippen molar-refractivity contribution in [2.24, 2.45) is 0 Å². The summed E-state index contributed by atoms with van der Waals surface area (Å²) in [5, 5.41) is 4.92. The van der Waals surface area contributed by atoms with E-state index in [0.29, 0.717) is 25.4 Å². The highest BCUT2D eigenvalue weighted by Gasteiger charge is 2.29. The summed E-state index contributed by atoms with van der Waals surface area (Å²) in [5.41, 5.74) is 2.93. The molecule has 0 radical (unpaired) electrons. The summed E-state index contributed by atoms with van der Waals surface area (Å²) in [4.78, 5) is 27.5. The van der Waals surface area contributed by atoms with Crippen LogP contribution in [0.5, 0.6) is 11.5 Å². The van der Waals surface area contributed by atoms with Gasteiger partial charge in [-0.2, -0.15) is 0 Å². The van der Waals surface area contributed by atoms with Crippen LogP contribution in [0.2, 0.25) is 0 Å². The highest BCUT2D eigenvalue weighted by molar-refractivity contribution is 5.87. The van der Waals surface area contributed by atoms with E-state index in [-0.39, 0.29) is 17.6 Å². The van der Waals surface area contributed by atoms with Crippen molar-refractivity contribution in [3.8, 4) is 17.2 Å². The van der Waals surface area contributed by atoms with Crippen LogP contribution in [0.15, 0.2) is 59.9 Å². The molecule has 0 unspecified atom stereocenters. The third kappa shape index (κ3) is 3.73. The quantitative estimate of drug-likeness (QED) is 0.598. The fourth-order valence-corrected chi connectivity index (χ4v) is 4.71. The first-order valence-electron chi connectivity index (χ1n) is 11.5. The Morgan fingerprint density at radius 1 is 1.15 bits per heavy atom. The molecule has 0 bridgehead atoms. The molecule has 0 saturated carbocycles. The van der Waals surface area contributed by atoms with E-state index in [2.05, 4.69) is 24.9 Å². The number of hydrogen-bond acceptors (Lipinski definition) is 4. The number of rotatable bonds is 5. The molecule has 5 rings (SSSR count). The zero-order valence-corrected chi connectivity index (χ0v) is 19.5. The van der Waals surface area contributed by atoms with E-state index in [1.807, 2.05) is 60.2 Å². The summed E-state index contributed by atoms with van der Waals surface area (Å²) in [5.74, 6) is 1.43. The Kier molecular flexibility index (Phi) is 5.61. The third-order valence-corrected chi connectivity index (χ3v) is 6.70. The number of amides is 1. The van der Waals surface area contributed by atoms with Crippen molar-refractivity contribution in [1.82, 2.24) is 19.4 Å². The van der Waals surface area contributed by atoms with E-state index in [4.69, 9.17) is 4.74 Å². The molecule has 2 aromatic carbocycles. The molecule has 2 aliphatic heterocycles. The van der Waals surface area contributed by atoms with Crippen molar-refractivity contribution < 1.29 is 9.53 Å². The first-order valence-corrected chi connectivity index (χ1v) is 11.5. The van der Waals surface area contributed by atoms with E-state index >= 15 is 0 Å². The zero-order chi connectivity index (χ0) is 23.8. The SMILES string of the molecule is C=CC(=O)N1CC[C@@H](n2c3c(n(-c4ccc(Oc5cccc(C)c5C)cc4)c2=O)=CNCC=3)C1. The molecule has 1 N–H and O–H groups in total. The second-order valence-corrected chi connectivity index (χ2v) is 8.74. The van der Waals surface area contributed by atoms with Crippen LogP contribution in [0.1, 0.15) is 23.6 Å². The van der Waals surface area contributed by atoms with Gasteiger partial charge in [0, 0.05) is 25.8 Å². The van der Waals surface area contributed by atoms with Gasteiger partial charge in [0.05, 0.1) is 22.4 Å². The summed E-state index contributed by atoms with van der Waals surface area (Å²) in [6, 6.07) is 13.5. The van der Waals surface area contributed by atoms with Gasteiger partial charge in [-0.25, -0.2) is 4.79 Å². The van der Waals surface area contributed by atoms with Crippen molar-refractivity contribution in [1.29, 1.82) is 0 Å². The Morgan fingerprint density at radius 3 is 2.71 bits per heavy atom. The van der Waals surface area contributed by atoms with Crippen LogP contribution in [-0.4, -0.2) is 39.6 Å². The number of imidazole rings is 1. The number of nitrogens with zero attached hydrogens (tertiary/aromatic N) is 3. The molecule has 1 atom stereocenters. The number of hydrogen-bond donors (Lipinski definition) is 1. The third-order valence-electron chi connectivity index (χ3n) is 6.70. The van der Waals surface area contributed by atoms with Gasteiger partial charge in [0.2, 0.25) is 5.91 Å². The molecule has 1 saturated heterocycles. The van der Waals surface area contributed by atoms with E-state index in [1.165, 1.54) is 11.6 Å². The van der Waals surface area contributed by atoms with Crippen molar-refractivity contribution in [3.05, 3.63) is 87.4 Å². The normalized spacial score (nSPS) is 16.8. The zero-order valence-electron chi connectivity index (χ0n) is 19.5. The van der Waals surface area contributed by atoms with Gasteiger partial charge >= 0.3 is 5.69 Å². The molecule has 34 heavy (non-hydrogen) atoms. The van der Waals surface area contributed by atoms with Gasteiger partial charge in [-0.1, -0.05) is 18.7 Å². The van der Waals surface area contributed by atoms with Gasteiger partial charge < -0.3 is 15.0 Å². The smallest absolute Gasteiger partial charge is 0.334 e. The van der Waals surface area contributed by atoms with Gasteiger partial charge in [-0.15, -0.1) is 0 Å². The monoisotopic (exact) mass is 456 g/mol. The first-order chi connectivity index (χ1) is 16.5. The number of carbonyl (C=O) groups excluding carboxylic acids is 1. The number of fused-ring (bicyclic) bond motifs is 1. The molecule has 3 heterocycles. The molecular weight excluding hydrogens is 428 g/mol. The number of ether oxygens (including phenoxy) is 1.